The molecule has 0 aromatic heterocycles. The highest BCUT2D eigenvalue weighted by molar-refractivity contribution is 7.89. The molecule has 0 bridgehead atoms. The molecule has 1 N–H and O–H groups in total. The minimum absolute atomic E-state index is 0.0452. The number of rotatable bonds is 5. The largest absolute Gasteiger partial charge is 0.326 e. The number of amides is 1. The molecular weight excluding hydrogens is 338 g/mol. The molecule has 1 aliphatic carbocycles. The molecule has 1 aliphatic heterocycles. The SMILES string of the molecule is CCN1CCN(S(=O)(=O)c2ccc(NC(=O)C3CCCC3)cc2)CC1. The third kappa shape index (κ3) is 4.22. The van der Waals surface area contributed by atoms with Crippen molar-refractivity contribution >= 4 is 21.6 Å². The summed E-state index contributed by atoms with van der Waals surface area (Å²) >= 11 is 0. The van der Waals surface area contributed by atoms with Crippen molar-refractivity contribution in [3.8, 4) is 0 Å². The average molecular weight is 365 g/mol. The molecule has 7 heteroatoms. The van der Waals surface area contributed by atoms with E-state index >= 15 is 0 Å². The van der Waals surface area contributed by atoms with E-state index in [0.717, 1.165) is 45.3 Å². The summed E-state index contributed by atoms with van der Waals surface area (Å²) in [7, 11) is -3.46. The van der Waals surface area contributed by atoms with Gasteiger partial charge in [0.05, 0.1) is 4.90 Å². The molecule has 1 aromatic carbocycles. The van der Waals surface area contributed by atoms with Crippen molar-refractivity contribution in [1.29, 1.82) is 0 Å². The fraction of sp³-hybridized carbons (Fsp3) is 0.611. The topological polar surface area (TPSA) is 69.7 Å². The highest BCUT2D eigenvalue weighted by atomic mass is 32.2. The van der Waals surface area contributed by atoms with Gasteiger partial charge in [-0.3, -0.25) is 4.79 Å². The second kappa shape index (κ2) is 7.85. The number of benzene rings is 1. The van der Waals surface area contributed by atoms with Crippen LogP contribution in [-0.2, 0) is 14.8 Å². The first-order valence-electron chi connectivity index (χ1n) is 9.14. The number of piperazine rings is 1. The maximum absolute atomic E-state index is 12.7. The first kappa shape index (κ1) is 18.4. The van der Waals surface area contributed by atoms with Gasteiger partial charge in [0.2, 0.25) is 15.9 Å². The highest BCUT2D eigenvalue weighted by Crippen LogP contribution is 2.26. The molecule has 1 saturated heterocycles. The second-order valence-electron chi connectivity index (χ2n) is 6.83. The third-order valence-corrected chi connectivity index (χ3v) is 7.18. The Morgan fingerprint density at radius 2 is 1.68 bits per heavy atom. The van der Waals surface area contributed by atoms with Gasteiger partial charge in [0.15, 0.2) is 0 Å². The van der Waals surface area contributed by atoms with Crippen LogP contribution in [0.1, 0.15) is 32.6 Å². The first-order chi connectivity index (χ1) is 12.0. The maximum Gasteiger partial charge on any atom is 0.243 e. The van der Waals surface area contributed by atoms with Crippen LogP contribution in [0.4, 0.5) is 5.69 Å². The molecule has 1 amide bonds. The zero-order chi connectivity index (χ0) is 17.9. The lowest BCUT2D eigenvalue weighted by Crippen LogP contribution is -2.48. The lowest BCUT2D eigenvalue weighted by atomic mass is 10.1. The summed E-state index contributed by atoms with van der Waals surface area (Å²) in [5.74, 6) is 0.141. The lowest BCUT2D eigenvalue weighted by molar-refractivity contribution is -0.119. The van der Waals surface area contributed by atoms with Crippen molar-refractivity contribution in [2.24, 2.45) is 5.92 Å². The fourth-order valence-corrected chi connectivity index (χ4v) is 5.00. The van der Waals surface area contributed by atoms with Gasteiger partial charge in [-0.05, 0) is 43.7 Å². The number of nitrogens with zero attached hydrogens (tertiary/aromatic N) is 2. The molecule has 138 valence electrons. The Morgan fingerprint density at radius 1 is 1.08 bits per heavy atom. The number of anilines is 1. The van der Waals surface area contributed by atoms with Crippen LogP contribution in [0.15, 0.2) is 29.2 Å². The molecule has 1 heterocycles. The molecule has 1 aromatic rings. The van der Waals surface area contributed by atoms with Crippen LogP contribution in [0.3, 0.4) is 0 Å². The zero-order valence-electron chi connectivity index (χ0n) is 14.8. The van der Waals surface area contributed by atoms with E-state index in [4.69, 9.17) is 0 Å². The molecule has 0 unspecified atom stereocenters. The number of hydrogen-bond donors (Lipinski definition) is 1. The Hall–Kier alpha value is -1.44. The van der Waals surface area contributed by atoms with Gasteiger partial charge >= 0.3 is 0 Å². The summed E-state index contributed by atoms with van der Waals surface area (Å²) in [6.45, 7) is 5.62. The summed E-state index contributed by atoms with van der Waals surface area (Å²) in [5, 5.41) is 2.90. The number of carbonyl (C=O) groups excluding carboxylic acids is 1. The summed E-state index contributed by atoms with van der Waals surface area (Å²) in [4.78, 5) is 14.7. The van der Waals surface area contributed by atoms with Crippen LogP contribution < -0.4 is 5.32 Å². The zero-order valence-corrected chi connectivity index (χ0v) is 15.6. The van der Waals surface area contributed by atoms with E-state index in [1.54, 1.807) is 28.6 Å². The number of carbonyl (C=O) groups is 1. The van der Waals surface area contributed by atoms with Crippen LogP contribution in [0.25, 0.3) is 0 Å². The number of nitrogens with one attached hydrogen (secondary N) is 1. The van der Waals surface area contributed by atoms with Crippen molar-refractivity contribution < 1.29 is 13.2 Å². The molecule has 2 fully saturated rings. The van der Waals surface area contributed by atoms with Gasteiger partial charge in [-0.25, -0.2) is 8.42 Å². The van der Waals surface area contributed by atoms with Crippen molar-refractivity contribution in [3.63, 3.8) is 0 Å². The summed E-state index contributed by atoms with van der Waals surface area (Å²) in [6, 6.07) is 6.54. The molecule has 1 saturated carbocycles. The van der Waals surface area contributed by atoms with Crippen molar-refractivity contribution in [1.82, 2.24) is 9.21 Å². The number of sulfonamides is 1. The van der Waals surface area contributed by atoms with Crippen LogP contribution in [0, 0.1) is 5.92 Å². The van der Waals surface area contributed by atoms with Gasteiger partial charge in [-0.2, -0.15) is 4.31 Å². The van der Waals surface area contributed by atoms with Crippen LogP contribution in [-0.4, -0.2) is 56.3 Å². The quantitative estimate of drug-likeness (QED) is 0.868. The van der Waals surface area contributed by atoms with E-state index in [9.17, 15) is 13.2 Å². The van der Waals surface area contributed by atoms with E-state index in [1.807, 2.05) is 0 Å². The third-order valence-electron chi connectivity index (χ3n) is 5.26. The summed E-state index contributed by atoms with van der Waals surface area (Å²) in [6.07, 6.45) is 4.12. The normalized spacial score (nSPS) is 20.7. The number of likely N-dealkylation sites (N-methyl/N-ethyl adjacent to an activating group) is 1. The van der Waals surface area contributed by atoms with Gasteiger partial charge in [-0.1, -0.05) is 19.8 Å². The van der Waals surface area contributed by atoms with Gasteiger partial charge in [0.25, 0.3) is 0 Å². The van der Waals surface area contributed by atoms with Gasteiger partial charge in [0, 0.05) is 37.8 Å². The van der Waals surface area contributed by atoms with Crippen LogP contribution in [0.2, 0.25) is 0 Å². The molecule has 6 nitrogen and oxygen atoms in total. The minimum Gasteiger partial charge on any atom is -0.326 e. The van der Waals surface area contributed by atoms with E-state index in [2.05, 4.69) is 17.1 Å². The van der Waals surface area contributed by atoms with E-state index in [0.29, 0.717) is 18.8 Å². The standard InChI is InChI=1S/C18H27N3O3S/c1-2-20-11-13-21(14-12-20)25(23,24)17-9-7-16(8-10-17)19-18(22)15-5-3-4-6-15/h7-10,15H,2-6,11-14H2,1H3,(H,19,22). The predicted octanol–water partition coefficient (Wildman–Crippen LogP) is 2.14. The Balaban J connectivity index is 1.64. The molecule has 3 rings (SSSR count). The van der Waals surface area contributed by atoms with E-state index in [-0.39, 0.29) is 16.7 Å². The highest BCUT2D eigenvalue weighted by Gasteiger charge is 2.28. The average Bonchev–Trinajstić information content (AvgIpc) is 3.17. The Kier molecular flexibility index (Phi) is 5.76. The Bertz CT molecular complexity index is 689. The number of hydrogen-bond acceptors (Lipinski definition) is 4. The Morgan fingerprint density at radius 3 is 2.24 bits per heavy atom. The van der Waals surface area contributed by atoms with Crippen molar-refractivity contribution in [3.05, 3.63) is 24.3 Å². The molecule has 0 radical (unpaired) electrons. The summed E-state index contributed by atoms with van der Waals surface area (Å²) < 4.78 is 27.0. The molecule has 25 heavy (non-hydrogen) atoms. The monoisotopic (exact) mass is 365 g/mol. The van der Waals surface area contributed by atoms with Crippen molar-refractivity contribution in [2.75, 3.05) is 38.0 Å². The molecule has 0 spiro atoms. The van der Waals surface area contributed by atoms with Gasteiger partial charge in [-0.15, -0.1) is 0 Å². The fourth-order valence-electron chi connectivity index (χ4n) is 3.58. The van der Waals surface area contributed by atoms with Crippen molar-refractivity contribution in [2.45, 2.75) is 37.5 Å². The minimum atomic E-state index is -3.46. The Labute approximate surface area is 150 Å². The summed E-state index contributed by atoms with van der Waals surface area (Å²) in [5.41, 5.74) is 0.659. The van der Waals surface area contributed by atoms with Crippen LogP contribution in [0.5, 0.6) is 0 Å². The predicted molar refractivity (Wildman–Crippen MR) is 97.9 cm³/mol. The molecular formula is C18H27N3O3S. The molecule has 2 aliphatic rings. The second-order valence-corrected chi connectivity index (χ2v) is 8.77. The van der Waals surface area contributed by atoms with Gasteiger partial charge < -0.3 is 10.2 Å². The molecule has 0 atom stereocenters. The maximum atomic E-state index is 12.7. The van der Waals surface area contributed by atoms with Crippen LogP contribution >= 0.6 is 0 Å². The van der Waals surface area contributed by atoms with Gasteiger partial charge in [0.1, 0.15) is 0 Å². The lowest BCUT2D eigenvalue weighted by Gasteiger charge is -2.33. The van der Waals surface area contributed by atoms with E-state index in [1.165, 1.54) is 0 Å². The first-order valence-corrected chi connectivity index (χ1v) is 10.6. The smallest absolute Gasteiger partial charge is 0.243 e. The van der Waals surface area contributed by atoms with E-state index < -0.39 is 10.0 Å².